The topological polar surface area (TPSA) is 20.2 Å². The summed E-state index contributed by atoms with van der Waals surface area (Å²) in [4.78, 5) is 0. The molecule has 0 aliphatic heterocycles. The smallest absolute Gasteiger partial charge is 0.126 e. The first-order valence-electron chi connectivity index (χ1n) is 4.24. The number of benzene rings is 1. The molecule has 1 aromatic carbocycles. The van der Waals surface area contributed by atoms with Gasteiger partial charge in [0.2, 0.25) is 0 Å². The summed E-state index contributed by atoms with van der Waals surface area (Å²) in [6, 6.07) is 3.27. The highest BCUT2D eigenvalue weighted by Crippen LogP contribution is 2.13. The molecule has 0 saturated heterocycles. The number of hydrogen-bond acceptors (Lipinski definition) is 2. The van der Waals surface area contributed by atoms with Gasteiger partial charge in [-0.15, -0.1) is 0 Å². The molecule has 0 amide bonds. The third-order valence-corrected chi connectivity index (χ3v) is 2.54. The Kier molecular flexibility index (Phi) is 4.35. The third kappa shape index (κ3) is 3.27. The Bertz CT molecular complexity index is 304. The van der Waals surface area contributed by atoms with Gasteiger partial charge in [0.05, 0.1) is 6.10 Å². The predicted octanol–water partition coefficient (Wildman–Crippen LogP) is 2.23. The van der Waals surface area contributed by atoms with Gasteiger partial charge in [0, 0.05) is 12.2 Å². The van der Waals surface area contributed by atoms with E-state index in [-0.39, 0.29) is 12.0 Å². The second kappa shape index (κ2) is 5.32. The highest BCUT2D eigenvalue weighted by molar-refractivity contribution is 7.98. The van der Waals surface area contributed by atoms with E-state index in [1.165, 1.54) is 11.8 Å². The van der Waals surface area contributed by atoms with Crippen molar-refractivity contribution in [2.24, 2.45) is 0 Å². The molecule has 0 saturated carbocycles. The van der Waals surface area contributed by atoms with Crippen LogP contribution in [-0.4, -0.2) is 23.2 Å². The van der Waals surface area contributed by atoms with Crippen molar-refractivity contribution in [1.29, 1.82) is 0 Å². The zero-order valence-electron chi connectivity index (χ0n) is 7.84. The Labute approximate surface area is 86.1 Å². The molecule has 1 unspecified atom stereocenters. The average Bonchev–Trinajstić information content (AvgIpc) is 2.12. The number of halogens is 2. The molecule has 0 spiro atoms. The Morgan fingerprint density at radius 1 is 1.43 bits per heavy atom. The fourth-order valence-electron chi connectivity index (χ4n) is 1.20. The fraction of sp³-hybridized carbons (Fsp3) is 0.400. The maximum absolute atomic E-state index is 13.1. The Morgan fingerprint density at radius 2 is 2.14 bits per heavy atom. The Balaban J connectivity index is 2.70. The second-order valence-electron chi connectivity index (χ2n) is 3.05. The van der Waals surface area contributed by atoms with Crippen LogP contribution in [0.25, 0.3) is 0 Å². The van der Waals surface area contributed by atoms with Gasteiger partial charge in [0.25, 0.3) is 0 Å². The quantitative estimate of drug-likeness (QED) is 0.836. The normalized spacial score (nSPS) is 12.9. The first-order valence-corrected chi connectivity index (χ1v) is 5.64. The average molecular weight is 218 g/mol. The number of rotatable bonds is 4. The zero-order chi connectivity index (χ0) is 10.6. The molecule has 1 N–H and O–H groups in total. The Morgan fingerprint density at radius 3 is 2.79 bits per heavy atom. The molecular formula is C10H12F2OS. The van der Waals surface area contributed by atoms with Crippen LogP contribution < -0.4 is 0 Å². The summed E-state index contributed by atoms with van der Waals surface area (Å²) in [5.74, 6) is -0.417. The molecule has 0 heterocycles. The van der Waals surface area contributed by atoms with E-state index in [0.717, 1.165) is 18.2 Å². The zero-order valence-corrected chi connectivity index (χ0v) is 8.65. The molecule has 1 nitrogen and oxygen atoms in total. The monoisotopic (exact) mass is 218 g/mol. The lowest BCUT2D eigenvalue weighted by Gasteiger charge is -2.09. The summed E-state index contributed by atoms with van der Waals surface area (Å²) in [7, 11) is 0. The summed E-state index contributed by atoms with van der Waals surface area (Å²) < 4.78 is 25.8. The number of aliphatic hydroxyl groups excluding tert-OH is 1. The maximum Gasteiger partial charge on any atom is 0.126 e. The van der Waals surface area contributed by atoms with Gasteiger partial charge >= 0.3 is 0 Å². The SMILES string of the molecule is CSCC(O)Cc1cc(F)ccc1F. The van der Waals surface area contributed by atoms with Crippen molar-refractivity contribution in [2.45, 2.75) is 12.5 Å². The molecule has 1 aromatic rings. The third-order valence-electron chi connectivity index (χ3n) is 1.82. The lowest BCUT2D eigenvalue weighted by Crippen LogP contribution is -2.14. The minimum atomic E-state index is -0.624. The molecule has 0 aliphatic rings. The molecular weight excluding hydrogens is 206 g/mol. The largest absolute Gasteiger partial charge is 0.392 e. The summed E-state index contributed by atoms with van der Waals surface area (Å²) >= 11 is 1.47. The fourth-order valence-corrected chi connectivity index (χ4v) is 1.71. The number of thioether (sulfide) groups is 1. The van der Waals surface area contributed by atoms with E-state index < -0.39 is 17.7 Å². The van der Waals surface area contributed by atoms with E-state index in [9.17, 15) is 13.9 Å². The van der Waals surface area contributed by atoms with Crippen molar-refractivity contribution in [3.05, 3.63) is 35.4 Å². The van der Waals surface area contributed by atoms with Gasteiger partial charge < -0.3 is 5.11 Å². The van der Waals surface area contributed by atoms with Crippen molar-refractivity contribution in [3.63, 3.8) is 0 Å². The molecule has 0 bridgehead atoms. The van der Waals surface area contributed by atoms with Crippen molar-refractivity contribution in [1.82, 2.24) is 0 Å². The van der Waals surface area contributed by atoms with Crippen LogP contribution in [0.15, 0.2) is 18.2 Å². The van der Waals surface area contributed by atoms with E-state index in [1.807, 2.05) is 6.26 Å². The minimum Gasteiger partial charge on any atom is -0.392 e. The van der Waals surface area contributed by atoms with Crippen LogP contribution in [0.1, 0.15) is 5.56 Å². The molecule has 4 heteroatoms. The highest BCUT2D eigenvalue weighted by atomic mass is 32.2. The van der Waals surface area contributed by atoms with Gasteiger partial charge in [-0.1, -0.05) is 0 Å². The van der Waals surface area contributed by atoms with Gasteiger partial charge in [0.15, 0.2) is 0 Å². The summed E-state index contributed by atoms with van der Waals surface area (Å²) in [6.45, 7) is 0. The van der Waals surface area contributed by atoms with Crippen LogP contribution in [0, 0.1) is 11.6 Å². The molecule has 1 atom stereocenters. The first kappa shape index (κ1) is 11.5. The summed E-state index contributed by atoms with van der Waals surface area (Å²) in [6.07, 6.45) is 1.39. The van der Waals surface area contributed by atoms with Gasteiger partial charge in [-0.3, -0.25) is 0 Å². The van der Waals surface area contributed by atoms with Crippen LogP contribution in [0.5, 0.6) is 0 Å². The number of aliphatic hydroxyl groups is 1. The summed E-state index contributed by atoms with van der Waals surface area (Å²) in [5.41, 5.74) is 0.228. The van der Waals surface area contributed by atoms with Gasteiger partial charge in [-0.05, 0) is 30.0 Å². The van der Waals surface area contributed by atoms with Gasteiger partial charge in [0.1, 0.15) is 11.6 Å². The van der Waals surface area contributed by atoms with Crippen molar-refractivity contribution >= 4 is 11.8 Å². The van der Waals surface area contributed by atoms with E-state index in [4.69, 9.17) is 0 Å². The predicted molar refractivity (Wildman–Crippen MR) is 54.5 cm³/mol. The molecule has 0 aliphatic carbocycles. The minimum absolute atomic E-state index is 0.157. The lowest BCUT2D eigenvalue weighted by atomic mass is 10.1. The van der Waals surface area contributed by atoms with Gasteiger partial charge in [-0.25, -0.2) is 8.78 Å². The van der Waals surface area contributed by atoms with E-state index in [1.54, 1.807) is 0 Å². The van der Waals surface area contributed by atoms with Gasteiger partial charge in [-0.2, -0.15) is 11.8 Å². The first-order chi connectivity index (χ1) is 6.63. The van der Waals surface area contributed by atoms with E-state index >= 15 is 0 Å². The van der Waals surface area contributed by atoms with Crippen LogP contribution in [-0.2, 0) is 6.42 Å². The van der Waals surface area contributed by atoms with Crippen molar-refractivity contribution in [2.75, 3.05) is 12.0 Å². The Hall–Kier alpha value is -0.610. The molecule has 0 aromatic heterocycles. The molecule has 1 rings (SSSR count). The lowest BCUT2D eigenvalue weighted by molar-refractivity contribution is 0.198. The standard InChI is InChI=1S/C10H12F2OS/c1-14-6-9(13)5-7-4-8(11)2-3-10(7)12/h2-4,9,13H,5-6H2,1H3. The molecule has 0 radical (unpaired) electrons. The van der Waals surface area contributed by atoms with E-state index in [2.05, 4.69) is 0 Å². The van der Waals surface area contributed by atoms with Crippen molar-refractivity contribution < 1.29 is 13.9 Å². The second-order valence-corrected chi connectivity index (χ2v) is 3.96. The van der Waals surface area contributed by atoms with E-state index in [0.29, 0.717) is 5.75 Å². The maximum atomic E-state index is 13.1. The van der Waals surface area contributed by atoms with Crippen molar-refractivity contribution in [3.8, 4) is 0 Å². The summed E-state index contributed by atoms with van der Waals surface area (Å²) in [5, 5.41) is 9.41. The number of hydrogen-bond donors (Lipinski definition) is 1. The molecule has 78 valence electrons. The van der Waals surface area contributed by atoms with Crippen LogP contribution in [0.4, 0.5) is 8.78 Å². The highest BCUT2D eigenvalue weighted by Gasteiger charge is 2.09. The molecule has 0 fully saturated rings. The van der Waals surface area contributed by atoms with Crippen LogP contribution in [0.2, 0.25) is 0 Å². The van der Waals surface area contributed by atoms with Crippen LogP contribution in [0.3, 0.4) is 0 Å². The van der Waals surface area contributed by atoms with Crippen LogP contribution >= 0.6 is 11.8 Å². The molecule has 14 heavy (non-hydrogen) atoms.